The molecule has 0 aliphatic rings. The van der Waals surface area contributed by atoms with E-state index < -0.39 is 0 Å². The van der Waals surface area contributed by atoms with E-state index in [1.54, 1.807) is 4.90 Å². The van der Waals surface area contributed by atoms with Crippen molar-refractivity contribution in [3.8, 4) is 0 Å². The predicted molar refractivity (Wildman–Crippen MR) is 112 cm³/mol. The maximum Gasteiger partial charge on any atom is 0.246 e. The van der Waals surface area contributed by atoms with Crippen LogP contribution in [0, 0.1) is 6.92 Å². The van der Waals surface area contributed by atoms with Gasteiger partial charge in [0.15, 0.2) is 0 Å². The third kappa shape index (κ3) is 5.30. The molecule has 0 atom stereocenters. The van der Waals surface area contributed by atoms with E-state index in [0.29, 0.717) is 6.54 Å². The lowest BCUT2D eigenvalue weighted by Gasteiger charge is -2.23. The van der Waals surface area contributed by atoms with Crippen molar-refractivity contribution in [1.29, 1.82) is 0 Å². The van der Waals surface area contributed by atoms with E-state index in [-0.39, 0.29) is 24.8 Å². The summed E-state index contributed by atoms with van der Waals surface area (Å²) in [6.07, 6.45) is 0.268. The van der Waals surface area contributed by atoms with Crippen LogP contribution < -0.4 is 10.2 Å². The minimum Gasteiger partial charge on any atom is -0.347 e. The van der Waals surface area contributed by atoms with Gasteiger partial charge < -0.3 is 10.2 Å². The van der Waals surface area contributed by atoms with E-state index >= 15 is 0 Å². The minimum atomic E-state index is -0.157. The van der Waals surface area contributed by atoms with Crippen LogP contribution in [0.25, 0.3) is 0 Å². The highest BCUT2D eigenvalue weighted by molar-refractivity contribution is 5.96. The van der Waals surface area contributed by atoms with E-state index in [4.69, 9.17) is 0 Å². The van der Waals surface area contributed by atoms with Gasteiger partial charge in [0.05, 0.1) is 19.5 Å². The quantitative estimate of drug-likeness (QED) is 0.684. The monoisotopic (exact) mass is 372 g/mol. The Morgan fingerprint density at radius 2 is 1.43 bits per heavy atom. The number of nitrogens with one attached hydrogen (secondary N) is 1. The van der Waals surface area contributed by atoms with Crippen LogP contribution in [0.4, 0.5) is 5.69 Å². The molecule has 3 aromatic carbocycles. The Morgan fingerprint density at radius 3 is 2.11 bits per heavy atom. The summed E-state index contributed by atoms with van der Waals surface area (Å²) < 4.78 is 0. The molecule has 0 unspecified atom stereocenters. The van der Waals surface area contributed by atoms with E-state index in [0.717, 1.165) is 22.4 Å². The summed E-state index contributed by atoms with van der Waals surface area (Å²) in [6, 6.07) is 27.1. The molecule has 142 valence electrons. The molecule has 1 N–H and O–H groups in total. The van der Waals surface area contributed by atoms with Gasteiger partial charge in [0.2, 0.25) is 11.8 Å². The summed E-state index contributed by atoms with van der Waals surface area (Å²) in [5.41, 5.74) is 3.88. The molecule has 0 heterocycles. The average molecular weight is 372 g/mol. The van der Waals surface area contributed by atoms with Gasteiger partial charge in [-0.05, 0) is 35.7 Å². The fraction of sp³-hybridized carbons (Fsp3) is 0.167. The molecule has 3 rings (SSSR count). The van der Waals surface area contributed by atoms with Crippen molar-refractivity contribution in [3.05, 3.63) is 102 Å². The van der Waals surface area contributed by atoms with Crippen molar-refractivity contribution in [2.45, 2.75) is 19.9 Å². The number of rotatable bonds is 7. The Balaban J connectivity index is 1.66. The first-order valence-electron chi connectivity index (χ1n) is 9.34. The van der Waals surface area contributed by atoms with Gasteiger partial charge in [-0.1, -0.05) is 72.8 Å². The fourth-order valence-electron chi connectivity index (χ4n) is 3.01. The molecule has 4 nitrogen and oxygen atoms in total. The SMILES string of the molecule is Cc1ccccc1CC(=O)NCC(=O)N(Cc1ccccc1)c1ccccc1. The number of carbonyl (C=O) groups excluding carboxylic acids is 2. The lowest BCUT2D eigenvalue weighted by molar-refractivity contribution is -0.124. The van der Waals surface area contributed by atoms with Crippen molar-refractivity contribution >= 4 is 17.5 Å². The number of benzene rings is 3. The summed E-state index contributed by atoms with van der Waals surface area (Å²) in [7, 11) is 0. The van der Waals surface area contributed by atoms with E-state index in [9.17, 15) is 9.59 Å². The molecular formula is C24H24N2O2. The maximum atomic E-state index is 12.9. The molecule has 0 aliphatic carbocycles. The first kappa shape index (κ1) is 19.4. The van der Waals surface area contributed by atoms with Crippen molar-refractivity contribution in [2.75, 3.05) is 11.4 Å². The Morgan fingerprint density at radius 1 is 0.821 bits per heavy atom. The fourth-order valence-corrected chi connectivity index (χ4v) is 3.01. The molecule has 0 saturated heterocycles. The van der Waals surface area contributed by atoms with Crippen molar-refractivity contribution in [2.24, 2.45) is 0 Å². The Bertz CT molecular complexity index is 924. The van der Waals surface area contributed by atoms with Crippen LogP contribution >= 0.6 is 0 Å². The van der Waals surface area contributed by atoms with Crippen LogP contribution in [0.1, 0.15) is 16.7 Å². The number of para-hydroxylation sites is 1. The van der Waals surface area contributed by atoms with Crippen LogP contribution in [0.2, 0.25) is 0 Å². The topological polar surface area (TPSA) is 49.4 Å². The Hall–Kier alpha value is -3.40. The van der Waals surface area contributed by atoms with Crippen LogP contribution in [0.5, 0.6) is 0 Å². The Labute approximate surface area is 165 Å². The van der Waals surface area contributed by atoms with Crippen LogP contribution in [0.15, 0.2) is 84.9 Å². The molecule has 4 heteroatoms. The van der Waals surface area contributed by atoms with E-state index in [2.05, 4.69) is 5.32 Å². The summed E-state index contributed by atoms with van der Waals surface area (Å²) in [5, 5.41) is 2.76. The molecule has 0 aliphatic heterocycles. The highest BCUT2D eigenvalue weighted by atomic mass is 16.2. The summed E-state index contributed by atoms with van der Waals surface area (Å²) >= 11 is 0. The van der Waals surface area contributed by atoms with Gasteiger partial charge in [-0.25, -0.2) is 0 Å². The van der Waals surface area contributed by atoms with Gasteiger partial charge in [-0.2, -0.15) is 0 Å². The number of amides is 2. The first-order chi connectivity index (χ1) is 13.6. The van der Waals surface area contributed by atoms with E-state index in [1.165, 1.54) is 0 Å². The smallest absolute Gasteiger partial charge is 0.246 e. The molecule has 0 aromatic heterocycles. The molecule has 0 fully saturated rings. The standard InChI is InChI=1S/C24H24N2O2/c1-19-10-8-9-13-21(19)16-23(27)25-17-24(28)26(22-14-6-3-7-15-22)18-20-11-4-2-5-12-20/h2-15H,16-18H2,1H3,(H,25,27). The molecule has 0 radical (unpaired) electrons. The third-order valence-corrected chi connectivity index (χ3v) is 4.60. The molecule has 0 saturated carbocycles. The van der Waals surface area contributed by atoms with Crippen LogP contribution in [-0.2, 0) is 22.6 Å². The first-order valence-corrected chi connectivity index (χ1v) is 9.34. The zero-order valence-electron chi connectivity index (χ0n) is 16.0. The third-order valence-electron chi connectivity index (χ3n) is 4.60. The minimum absolute atomic E-state index is 0.0353. The zero-order chi connectivity index (χ0) is 19.8. The van der Waals surface area contributed by atoms with Crippen LogP contribution in [0.3, 0.4) is 0 Å². The van der Waals surface area contributed by atoms with Gasteiger partial charge >= 0.3 is 0 Å². The molecular weight excluding hydrogens is 348 g/mol. The summed E-state index contributed by atoms with van der Waals surface area (Å²) in [4.78, 5) is 26.9. The largest absolute Gasteiger partial charge is 0.347 e. The van der Waals surface area contributed by atoms with Gasteiger partial charge in [0.25, 0.3) is 0 Å². The van der Waals surface area contributed by atoms with Gasteiger partial charge in [-0.3, -0.25) is 9.59 Å². The van der Waals surface area contributed by atoms with Gasteiger partial charge in [0.1, 0.15) is 0 Å². The molecule has 2 amide bonds. The molecule has 3 aromatic rings. The summed E-state index contributed by atoms with van der Waals surface area (Å²) in [6.45, 7) is 2.40. The molecule has 28 heavy (non-hydrogen) atoms. The van der Waals surface area contributed by atoms with Crippen molar-refractivity contribution < 1.29 is 9.59 Å². The Kier molecular flexibility index (Phi) is 6.58. The molecule has 0 spiro atoms. The number of hydrogen-bond acceptors (Lipinski definition) is 2. The number of anilines is 1. The van der Waals surface area contributed by atoms with Crippen molar-refractivity contribution in [1.82, 2.24) is 5.32 Å². The zero-order valence-corrected chi connectivity index (χ0v) is 16.0. The normalized spacial score (nSPS) is 10.3. The highest BCUT2D eigenvalue weighted by Crippen LogP contribution is 2.17. The van der Waals surface area contributed by atoms with Gasteiger partial charge in [0, 0.05) is 5.69 Å². The number of carbonyl (C=O) groups is 2. The summed E-state index contributed by atoms with van der Waals surface area (Å²) in [5.74, 6) is -0.302. The number of nitrogens with zero attached hydrogens (tertiary/aromatic N) is 1. The average Bonchev–Trinajstić information content (AvgIpc) is 2.73. The van der Waals surface area contributed by atoms with Gasteiger partial charge in [-0.15, -0.1) is 0 Å². The maximum absolute atomic E-state index is 12.9. The second-order valence-corrected chi connectivity index (χ2v) is 6.68. The van der Waals surface area contributed by atoms with Crippen LogP contribution in [-0.4, -0.2) is 18.4 Å². The number of aryl methyl sites for hydroxylation is 1. The number of hydrogen-bond donors (Lipinski definition) is 1. The second-order valence-electron chi connectivity index (χ2n) is 6.68. The van der Waals surface area contributed by atoms with E-state index in [1.807, 2.05) is 91.9 Å². The predicted octanol–water partition coefficient (Wildman–Crippen LogP) is 3.89. The second kappa shape index (κ2) is 9.51. The lowest BCUT2D eigenvalue weighted by Crippen LogP contribution is -2.40. The lowest BCUT2D eigenvalue weighted by atomic mass is 10.1. The molecule has 0 bridgehead atoms. The highest BCUT2D eigenvalue weighted by Gasteiger charge is 2.17. The van der Waals surface area contributed by atoms with Crippen molar-refractivity contribution in [3.63, 3.8) is 0 Å².